The normalized spacial score (nSPS) is 22.1. The maximum atomic E-state index is 12.1. The number of benzene rings is 4. The first kappa shape index (κ1) is 32.2. The van der Waals surface area contributed by atoms with E-state index in [2.05, 4.69) is 0 Å². The number of carbonyl (C=O) groups is 3. The van der Waals surface area contributed by atoms with Crippen molar-refractivity contribution in [1.29, 1.82) is 0 Å². The molecule has 0 heterocycles. The molecular formula is C40H41N3O6. The molecule has 0 atom stereocenters. The van der Waals surface area contributed by atoms with E-state index >= 15 is 0 Å². The van der Waals surface area contributed by atoms with Crippen molar-refractivity contribution < 1.29 is 28.6 Å². The number of nitrogen functional groups attached to an aromatic ring is 3. The average molecular weight is 660 g/mol. The number of anilines is 3. The summed E-state index contributed by atoms with van der Waals surface area (Å²) in [6, 6.07) is 18.6. The standard InChI is InChI=1S/C40H41N3O6/c1-20(44)25-4-7-34(31(41)15-25)47-30-18-37(48-35-8-5-26(21(2)45)16-32(35)42)40(39-28-11-23-10-24(13-28)14-29(39)12-23)38(19-30)49-36-9-6-27(22(3)46)17-33(36)43/h4-9,15-19,23-24,28-29,39H,10-14,41-43H2,1-3H3. The molecule has 9 nitrogen and oxygen atoms in total. The molecule has 4 aliphatic carbocycles. The molecule has 0 saturated heterocycles. The summed E-state index contributed by atoms with van der Waals surface area (Å²) >= 11 is 0. The van der Waals surface area contributed by atoms with E-state index in [9.17, 15) is 14.4 Å². The number of Topliss-reactive ketones (excluding diaryl/α,β-unsaturated/α-hetero) is 3. The Morgan fingerprint density at radius 1 is 0.510 bits per heavy atom. The van der Waals surface area contributed by atoms with Gasteiger partial charge >= 0.3 is 0 Å². The minimum atomic E-state index is -0.105. The van der Waals surface area contributed by atoms with Crippen LogP contribution in [-0.2, 0) is 0 Å². The van der Waals surface area contributed by atoms with Gasteiger partial charge in [-0.3, -0.25) is 14.4 Å². The van der Waals surface area contributed by atoms with Crippen LogP contribution in [0.5, 0.6) is 34.5 Å². The molecule has 4 bridgehead atoms. The third kappa shape index (κ3) is 6.33. The average Bonchev–Trinajstić information content (AvgIpc) is 3.04. The van der Waals surface area contributed by atoms with Crippen molar-refractivity contribution in [2.45, 2.75) is 58.8 Å². The van der Waals surface area contributed by atoms with Gasteiger partial charge in [-0.15, -0.1) is 0 Å². The molecule has 49 heavy (non-hydrogen) atoms. The Morgan fingerprint density at radius 3 is 1.22 bits per heavy atom. The smallest absolute Gasteiger partial charge is 0.159 e. The Balaban J connectivity index is 1.39. The van der Waals surface area contributed by atoms with E-state index in [-0.39, 0.29) is 23.3 Å². The van der Waals surface area contributed by atoms with Crippen LogP contribution in [0.1, 0.15) is 95.4 Å². The van der Waals surface area contributed by atoms with Gasteiger partial charge in [0.2, 0.25) is 0 Å². The lowest BCUT2D eigenvalue weighted by atomic mass is 9.50. The Hall–Kier alpha value is -5.31. The molecular weight excluding hydrogens is 618 g/mol. The van der Waals surface area contributed by atoms with Crippen LogP contribution < -0.4 is 31.4 Å². The number of nitrogens with two attached hydrogens (primary N) is 3. The SMILES string of the molecule is CC(=O)c1ccc(Oc2cc(Oc3ccc(C(C)=O)cc3N)c(C3C4CC5CC(C4)CC3C5)c(Oc3ccc(C(C)=O)cc3N)c2)c(N)c1. The van der Waals surface area contributed by atoms with Gasteiger partial charge in [-0.25, -0.2) is 0 Å². The topological polar surface area (TPSA) is 157 Å². The Labute approximate surface area is 285 Å². The monoisotopic (exact) mass is 659 g/mol. The maximum Gasteiger partial charge on any atom is 0.159 e. The van der Waals surface area contributed by atoms with Gasteiger partial charge in [0.25, 0.3) is 0 Å². The van der Waals surface area contributed by atoms with Gasteiger partial charge in [0.1, 0.15) is 34.5 Å². The molecule has 0 unspecified atom stereocenters. The highest BCUT2D eigenvalue weighted by atomic mass is 16.5. The van der Waals surface area contributed by atoms with Crippen molar-refractivity contribution in [2.75, 3.05) is 17.2 Å². The van der Waals surface area contributed by atoms with Crippen molar-refractivity contribution in [1.82, 2.24) is 0 Å². The second-order valence-electron chi connectivity index (χ2n) is 14.0. The lowest BCUT2D eigenvalue weighted by Gasteiger charge is -2.54. The minimum Gasteiger partial charge on any atom is -0.455 e. The molecule has 6 N–H and O–H groups in total. The maximum absolute atomic E-state index is 12.1. The highest BCUT2D eigenvalue weighted by molar-refractivity contribution is 5.96. The third-order valence-electron chi connectivity index (χ3n) is 10.6. The van der Waals surface area contributed by atoms with Crippen LogP contribution in [0.3, 0.4) is 0 Å². The van der Waals surface area contributed by atoms with Crippen LogP contribution in [0, 0.1) is 23.7 Å². The lowest BCUT2D eigenvalue weighted by Crippen LogP contribution is -2.43. The second-order valence-corrected chi connectivity index (χ2v) is 14.0. The van der Waals surface area contributed by atoms with Crippen molar-refractivity contribution in [2.24, 2.45) is 23.7 Å². The molecule has 4 aliphatic rings. The lowest BCUT2D eigenvalue weighted by molar-refractivity contribution is -0.00396. The zero-order valence-corrected chi connectivity index (χ0v) is 28.0. The highest BCUT2D eigenvalue weighted by Crippen LogP contribution is 2.63. The van der Waals surface area contributed by atoms with Gasteiger partial charge in [-0.1, -0.05) is 0 Å². The van der Waals surface area contributed by atoms with E-state index in [1.165, 1.54) is 27.2 Å². The first-order valence-corrected chi connectivity index (χ1v) is 16.9. The predicted molar refractivity (Wildman–Crippen MR) is 189 cm³/mol. The van der Waals surface area contributed by atoms with E-state index < -0.39 is 0 Å². The number of ether oxygens (including phenoxy) is 3. The summed E-state index contributed by atoms with van der Waals surface area (Å²) in [4.78, 5) is 36.2. The van der Waals surface area contributed by atoms with Gasteiger partial charge in [0.15, 0.2) is 17.3 Å². The van der Waals surface area contributed by atoms with Crippen molar-refractivity contribution in [3.05, 3.63) is 89.0 Å². The Kier molecular flexibility index (Phi) is 8.30. The van der Waals surface area contributed by atoms with E-state index in [0.29, 0.717) is 80.1 Å². The number of carbonyl (C=O) groups excluding carboxylic acids is 3. The predicted octanol–water partition coefficient (Wildman–Crippen LogP) is 8.96. The molecule has 0 aromatic heterocycles. The fourth-order valence-corrected chi connectivity index (χ4v) is 8.47. The molecule has 8 rings (SSSR count). The van der Waals surface area contributed by atoms with Crippen molar-refractivity contribution >= 4 is 34.4 Å². The molecule has 0 amide bonds. The minimum absolute atomic E-state index is 0.0969. The molecule has 252 valence electrons. The fourth-order valence-electron chi connectivity index (χ4n) is 8.47. The largest absolute Gasteiger partial charge is 0.455 e. The zero-order valence-electron chi connectivity index (χ0n) is 28.0. The summed E-state index contributed by atoms with van der Waals surface area (Å²) in [6.07, 6.45) is 5.91. The third-order valence-corrected chi connectivity index (χ3v) is 10.6. The molecule has 4 fully saturated rings. The fraction of sp³-hybridized carbons (Fsp3) is 0.325. The van der Waals surface area contributed by atoms with E-state index in [4.69, 9.17) is 31.4 Å². The van der Waals surface area contributed by atoms with E-state index in [0.717, 1.165) is 43.1 Å². The van der Waals surface area contributed by atoms with Crippen LogP contribution in [0.4, 0.5) is 17.1 Å². The van der Waals surface area contributed by atoms with Crippen molar-refractivity contribution in [3.8, 4) is 34.5 Å². The Morgan fingerprint density at radius 2 is 0.878 bits per heavy atom. The molecule has 0 spiro atoms. The highest BCUT2D eigenvalue weighted by Gasteiger charge is 2.50. The van der Waals surface area contributed by atoms with Crippen molar-refractivity contribution in [3.63, 3.8) is 0 Å². The molecule has 0 radical (unpaired) electrons. The van der Waals surface area contributed by atoms with Gasteiger partial charge in [0, 0.05) is 34.4 Å². The van der Waals surface area contributed by atoms with Gasteiger partial charge < -0.3 is 31.4 Å². The summed E-state index contributed by atoms with van der Waals surface area (Å²) in [5, 5.41) is 0. The molecule has 0 aliphatic heterocycles. The number of ketones is 3. The first-order valence-electron chi connectivity index (χ1n) is 16.9. The summed E-state index contributed by atoms with van der Waals surface area (Å²) in [6.45, 7) is 4.47. The van der Waals surface area contributed by atoms with Crippen LogP contribution in [0.2, 0.25) is 0 Å². The summed E-state index contributed by atoms with van der Waals surface area (Å²) in [5.41, 5.74) is 22.6. The van der Waals surface area contributed by atoms with Crippen LogP contribution in [0.25, 0.3) is 0 Å². The van der Waals surface area contributed by atoms with Crippen LogP contribution >= 0.6 is 0 Å². The van der Waals surface area contributed by atoms with Gasteiger partial charge in [-0.05, 0) is 137 Å². The molecule has 4 aromatic carbocycles. The van der Waals surface area contributed by atoms with Gasteiger partial charge in [0.05, 0.1) is 17.1 Å². The van der Waals surface area contributed by atoms with E-state index in [1.54, 1.807) is 54.6 Å². The summed E-state index contributed by atoms with van der Waals surface area (Å²) in [7, 11) is 0. The van der Waals surface area contributed by atoms with Gasteiger partial charge in [-0.2, -0.15) is 0 Å². The quantitative estimate of drug-likeness (QED) is 0.112. The summed E-state index contributed by atoms with van der Waals surface area (Å²) < 4.78 is 19.8. The number of rotatable bonds is 10. The second kappa shape index (κ2) is 12.6. The summed E-state index contributed by atoms with van der Waals surface area (Å²) in [5.74, 6) is 4.82. The van der Waals surface area contributed by atoms with E-state index in [1.807, 2.05) is 12.1 Å². The molecule has 9 heteroatoms. The Bertz CT molecular complexity index is 1890. The number of hydrogen-bond donors (Lipinski definition) is 3. The zero-order chi connectivity index (χ0) is 34.6. The molecule has 4 aromatic rings. The van der Waals surface area contributed by atoms with Crippen LogP contribution in [-0.4, -0.2) is 17.3 Å². The van der Waals surface area contributed by atoms with Crippen LogP contribution in [0.15, 0.2) is 66.7 Å². The molecule has 4 saturated carbocycles. The first-order chi connectivity index (χ1) is 23.4. The number of hydrogen-bond acceptors (Lipinski definition) is 9.